The number of H-pyrrole nitrogens is 1. The van der Waals surface area contributed by atoms with Crippen molar-refractivity contribution >= 4 is 12.2 Å². The van der Waals surface area contributed by atoms with E-state index in [0.29, 0.717) is 22.8 Å². The van der Waals surface area contributed by atoms with Crippen molar-refractivity contribution in [1.29, 1.82) is 0 Å². The van der Waals surface area contributed by atoms with E-state index in [9.17, 15) is 9.90 Å². The minimum Gasteiger partial charge on any atom is -0.504 e. The predicted molar refractivity (Wildman–Crippen MR) is 103 cm³/mol. The largest absolute Gasteiger partial charge is 0.504 e. The summed E-state index contributed by atoms with van der Waals surface area (Å²) in [5, 5.41) is 13.8. The maximum atomic E-state index is 11.9. The average molecular weight is 366 g/mol. The lowest BCUT2D eigenvalue weighted by molar-refractivity contribution is 0.373. The van der Waals surface area contributed by atoms with Gasteiger partial charge in [0.1, 0.15) is 5.75 Å². The van der Waals surface area contributed by atoms with E-state index in [0.717, 1.165) is 5.56 Å². The minimum atomic E-state index is -0.310. The number of aromatic nitrogens is 2. The van der Waals surface area contributed by atoms with Crippen molar-refractivity contribution < 1.29 is 14.6 Å². The van der Waals surface area contributed by atoms with Crippen LogP contribution in [0.4, 0.5) is 5.95 Å². The molecule has 3 N–H and O–H groups in total. The fourth-order valence-electron chi connectivity index (χ4n) is 2.38. The van der Waals surface area contributed by atoms with Gasteiger partial charge in [-0.25, -0.2) is 10.4 Å². The van der Waals surface area contributed by atoms with Crippen LogP contribution in [0.1, 0.15) is 5.56 Å². The summed E-state index contributed by atoms with van der Waals surface area (Å²) in [4.78, 5) is 18.8. The van der Waals surface area contributed by atoms with Gasteiger partial charge in [0.2, 0.25) is 5.95 Å². The third-order valence-corrected chi connectivity index (χ3v) is 3.71. The van der Waals surface area contributed by atoms with Gasteiger partial charge in [0.15, 0.2) is 11.5 Å². The molecule has 0 fully saturated rings. The molecule has 1 aromatic heterocycles. The lowest BCUT2D eigenvalue weighted by Gasteiger charge is -2.05. The van der Waals surface area contributed by atoms with E-state index in [1.165, 1.54) is 25.5 Å². The maximum absolute atomic E-state index is 11.9. The fraction of sp³-hybridized carbons (Fsp3) is 0.105. The Morgan fingerprint density at radius 1 is 1.11 bits per heavy atom. The molecular weight excluding hydrogens is 348 g/mol. The summed E-state index contributed by atoms with van der Waals surface area (Å²) in [5.41, 5.74) is 4.29. The van der Waals surface area contributed by atoms with Crippen LogP contribution >= 0.6 is 0 Å². The zero-order valence-corrected chi connectivity index (χ0v) is 14.8. The molecule has 0 saturated heterocycles. The van der Waals surface area contributed by atoms with E-state index < -0.39 is 0 Å². The molecule has 0 atom stereocenters. The highest BCUT2D eigenvalue weighted by atomic mass is 16.5. The number of aromatic amines is 1. The Balaban J connectivity index is 1.78. The molecule has 3 rings (SSSR count). The van der Waals surface area contributed by atoms with Crippen LogP contribution in [0.15, 0.2) is 58.4 Å². The number of benzene rings is 2. The lowest BCUT2D eigenvalue weighted by atomic mass is 10.1. The third kappa shape index (κ3) is 4.43. The lowest BCUT2D eigenvalue weighted by Crippen LogP contribution is -2.10. The molecule has 8 heteroatoms. The first-order valence-electron chi connectivity index (χ1n) is 8.01. The highest BCUT2D eigenvalue weighted by Gasteiger charge is 2.05. The Bertz CT molecular complexity index is 1010. The first kappa shape index (κ1) is 18.0. The molecule has 0 radical (unpaired) electrons. The standard InChI is InChI=1S/C19H18N4O4/c1-26-14-6-4-13(5-7-14)15-10-18(25)22-19(21-15)23-20-11-12-3-8-17(27-2)16(24)9-12/h3-11,24H,1-2H3,(H2,21,22,23,25)/b20-11-. The summed E-state index contributed by atoms with van der Waals surface area (Å²) in [6.45, 7) is 0. The van der Waals surface area contributed by atoms with E-state index >= 15 is 0 Å². The molecular formula is C19H18N4O4. The summed E-state index contributed by atoms with van der Waals surface area (Å²) >= 11 is 0. The van der Waals surface area contributed by atoms with Gasteiger partial charge in [-0.15, -0.1) is 0 Å². The molecule has 0 aliphatic rings. The minimum absolute atomic E-state index is 0.00878. The first-order valence-corrected chi connectivity index (χ1v) is 8.01. The van der Waals surface area contributed by atoms with Crippen molar-refractivity contribution in [2.75, 3.05) is 19.6 Å². The Labute approximate surface area is 155 Å². The SMILES string of the molecule is COc1ccc(-c2cc(=O)[nH]c(N/N=C\c3ccc(OC)c(O)c3)n2)cc1. The third-order valence-electron chi connectivity index (χ3n) is 3.71. The second-order valence-electron chi connectivity index (χ2n) is 5.51. The molecule has 1 heterocycles. The van der Waals surface area contributed by atoms with Crippen LogP contribution in [0.3, 0.4) is 0 Å². The van der Waals surface area contributed by atoms with E-state index in [-0.39, 0.29) is 17.3 Å². The molecule has 138 valence electrons. The van der Waals surface area contributed by atoms with Crippen LogP contribution in [0, 0.1) is 0 Å². The quantitative estimate of drug-likeness (QED) is 0.457. The van der Waals surface area contributed by atoms with E-state index in [4.69, 9.17) is 9.47 Å². The number of aromatic hydroxyl groups is 1. The van der Waals surface area contributed by atoms with Crippen molar-refractivity contribution in [1.82, 2.24) is 9.97 Å². The molecule has 0 spiro atoms. The van der Waals surface area contributed by atoms with Crippen LogP contribution in [0.25, 0.3) is 11.3 Å². The van der Waals surface area contributed by atoms with Crippen molar-refractivity contribution in [3.05, 3.63) is 64.4 Å². The molecule has 0 saturated carbocycles. The van der Waals surface area contributed by atoms with Crippen molar-refractivity contribution in [2.45, 2.75) is 0 Å². The van der Waals surface area contributed by atoms with Crippen molar-refractivity contribution in [3.63, 3.8) is 0 Å². The average Bonchev–Trinajstić information content (AvgIpc) is 2.68. The highest BCUT2D eigenvalue weighted by molar-refractivity contribution is 5.81. The smallest absolute Gasteiger partial charge is 0.252 e. The molecule has 0 bridgehead atoms. The topological polar surface area (TPSA) is 109 Å². The second kappa shape index (κ2) is 8.05. The van der Waals surface area contributed by atoms with Gasteiger partial charge >= 0.3 is 0 Å². The van der Waals surface area contributed by atoms with Crippen LogP contribution in [-0.4, -0.2) is 35.5 Å². The summed E-state index contributed by atoms with van der Waals surface area (Å²) in [7, 11) is 3.06. The fourth-order valence-corrected chi connectivity index (χ4v) is 2.38. The number of phenolic OH excluding ortho intramolecular Hbond substituents is 1. The van der Waals surface area contributed by atoms with Gasteiger partial charge in [-0.3, -0.25) is 9.78 Å². The van der Waals surface area contributed by atoms with Crippen molar-refractivity contribution in [2.24, 2.45) is 5.10 Å². The Morgan fingerprint density at radius 3 is 2.56 bits per heavy atom. The normalized spacial score (nSPS) is 10.7. The monoisotopic (exact) mass is 366 g/mol. The van der Waals surface area contributed by atoms with E-state index in [1.807, 2.05) is 12.1 Å². The number of anilines is 1. The number of phenols is 1. The molecule has 0 aliphatic heterocycles. The Kier molecular flexibility index (Phi) is 5.36. The number of nitrogens with one attached hydrogen (secondary N) is 2. The summed E-state index contributed by atoms with van der Waals surface area (Å²) in [6.07, 6.45) is 1.49. The van der Waals surface area contributed by atoms with Crippen LogP contribution in [-0.2, 0) is 0 Å². The molecule has 2 aromatic carbocycles. The molecule has 27 heavy (non-hydrogen) atoms. The van der Waals surface area contributed by atoms with Gasteiger partial charge < -0.3 is 14.6 Å². The van der Waals surface area contributed by atoms with Crippen LogP contribution in [0.2, 0.25) is 0 Å². The van der Waals surface area contributed by atoms with Crippen LogP contribution < -0.4 is 20.5 Å². The predicted octanol–water partition coefficient (Wildman–Crippen LogP) is 2.61. The number of hydrogen-bond acceptors (Lipinski definition) is 7. The highest BCUT2D eigenvalue weighted by Crippen LogP contribution is 2.25. The number of hydrogen-bond donors (Lipinski definition) is 3. The zero-order chi connectivity index (χ0) is 19.2. The van der Waals surface area contributed by atoms with E-state index in [1.54, 1.807) is 31.4 Å². The molecule has 0 aliphatic carbocycles. The molecule has 0 amide bonds. The van der Waals surface area contributed by atoms with Crippen LogP contribution in [0.5, 0.6) is 17.2 Å². The van der Waals surface area contributed by atoms with Gasteiger partial charge in [-0.2, -0.15) is 5.10 Å². The first-order chi connectivity index (χ1) is 13.1. The number of hydrazone groups is 1. The Morgan fingerprint density at radius 2 is 1.89 bits per heavy atom. The van der Waals surface area contributed by atoms with Gasteiger partial charge in [-0.1, -0.05) is 0 Å². The second-order valence-corrected chi connectivity index (χ2v) is 5.51. The van der Waals surface area contributed by atoms with Gasteiger partial charge in [0.05, 0.1) is 26.1 Å². The van der Waals surface area contributed by atoms with Gasteiger partial charge in [0, 0.05) is 11.6 Å². The number of nitrogens with zero attached hydrogens (tertiary/aromatic N) is 2. The summed E-state index contributed by atoms with van der Waals surface area (Å²) in [6, 6.07) is 13.5. The molecule has 0 unspecified atom stereocenters. The van der Waals surface area contributed by atoms with E-state index in [2.05, 4.69) is 20.5 Å². The number of rotatable bonds is 6. The molecule has 3 aromatic rings. The summed E-state index contributed by atoms with van der Waals surface area (Å²) in [5.74, 6) is 1.30. The van der Waals surface area contributed by atoms with Crippen molar-refractivity contribution in [3.8, 4) is 28.5 Å². The van der Waals surface area contributed by atoms with Gasteiger partial charge in [-0.05, 0) is 48.0 Å². The van der Waals surface area contributed by atoms with Gasteiger partial charge in [0.25, 0.3) is 5.56 Å². The maximum Gasteiger partial charge on any atom is 0.252 e. The summed E-state index contributed by atoms with van der Waals surface area (Å²) < 4.78 is 10.1. The Hall–Kier alpha value is -3.81. The molecule has 8 nitrogen and oxygen atoms in total. The number of ether oxygens (including phenoxy) is 2. The number of methoxy groups -OCH3 is 2. The zero-order valence-electron chi connectivity index (χ0n) is 14.8.